The molecule has 6 nitrogen and oxygen atoms in total. The summed E-state index contributed by atoms with van der Waals surface area (Å²) in [6, 6.07) is 10.3. The average Bonchev–Trinajstić information content (AvgIpc) is 2.70. The largest absolute Gasteiger partial charge is 0.383 e. The molecule has 0 fully saturated rings. The Hall–Kier alpha value is -2.25. The van der Waals surface area contributed by atoms with Crippen LogP contribution in [0.1, 0.15) is 38.3 Å². The summed E-state index contributed by atoms with van der Waals surface area (Å²) in [5, 5.41) is 10.2. The van der Waals surface area contributed by atoms with E-state index in [2.05, 4.69) is 16.0 Å². The van der Waals surface area contributed by atoms with Crippen LogP contribution in [0, 0.1) is 0 Å². The van der Waals surface area contributed by atoms with Gasteiger partial charge >= 0.3 is 0 Å². The van der Waals surface area contributed by atoms with Crippen molar-refractivity contribution in [3.05, 3.63) is 63.7 Å². The normalized spacial score (nSPS) is 12.6. The summed E-state index contributed by atoms with van der Waals surface area (Å²) in [5.41, 5.74) is 7.58. The molecule has 1 aliphatic carbocycles. The second kappa shape index (κ2) is 9.80. The number of halogens is 1. The van der Waals surface area contributed by atoms with Crippen molar-refractivity contribution in [1.29, 1.82) is 0 Å². The Bertz CT molecular complexity index is 869. The third kappa shape index (κ3) is 4.42. The van der Waals surface area contributed by atoms with Crippen LogP contribution in [0.25, 0.3) is 0 Å². The van der Waals surface area contributed by atoms with Crippen LogP contribution in [0.2, 0.25) is 5.02 Å². The molecular formula is C21H25ClN4O2. The number of nitrogens with one attached hydrogen (secondary N) is 3. The van der Waals surface area contributed by atoms with Gasteiger partial charge in [0.25, 0.3) is 0 Å². The maximum absolute atomic E-state index is 13.0. The highest BCUT2D eigenvalue weighted by molar-refractivity contribution is 6.39. The van der Waals surface area contributed by atoms with E-state index in [-0.39, 0.29) is 11.6 Å². The maximum Gasteiger partial charge on any atom is 0.196 e. The molecule has 0 atom stereocenters. The Morgan fingerprint density at radius 3 is 2.18 bits per heavy atom. The lowest BCUT2D eigenvalue weighted by Gasteiger charge is -2.21. The Morgan fingerprint density at radius 1 is 0.786 bits per heavy atom. The molecule has 0 bridgehead atoms. The van der Waals surface area contributed by atoms with Crippen LogP contribution in [-0.4, -0.2) is 50.8 Å². The molecule has 148 valence electrons. The molecule has 28 heavy (non-hydrogen) atoms. The van der Waals surface area contributed by atoms with Gasteiger partial charge in [0.05, 0.1) is 16.1 Å². The van der Waals surface area contributed by atoms with E-state index >= 15 is 0 Å². The van der Waals surface area contributed by atoms with Crippen molar-refractivity contribution in [2.75, 3.05) is 44.6 Å². The van der Waals surface area contributed by atoms with E-state index in [0.29, 0.717) is 46.1 Å². The van der Waals surface area contributed by atoms with Crippen LogP contribution in [0.4, 0.5) is 5.69 Å². The Labute approximate surface area is 169 Å². The van der Waals surface area contributed by atoms with Gasteiger partial charge < -0.3 is 21.7 Å². The molecule has 1 aliphatic rings. The zero-order valence-corrected chi connectivity index (χ0v) is 16.4. The number of hydrogen-bond donors (Lipinski definition) is 4. The van der Waals surface area contributed by atoms with Crippen LogP contribution < -0.4 is 21.7 Å². The summed E-state index contributed by atoms with van der Waals surface area (Å²) >= 11 is 6.17. The van der Waals surface area contributed by atoms with Crippen LogP contribution >= 0.6 is 11.6 Å². The summed E-state index contributed by atoms with van der Waals surface area (Å²) in [6.07, 6.45) is 1.02. The van der Waals surface area contributed by atoms with E-state index < -0.39 is 0 Å². The van der Waals surface area contributed by atoms with E-state index in [9.17, 15) is 9.59 Å². The number of rotatable bonds is 10. The lowest BCUT2D eigenvalue weighted by Crippen LogP contribution is -2.29. The minimum atomic E-state index is -0.207. The van der Waals surface area contributed by atoms with Gasteiger partial charge in [0.2, 0.25) is 0 Å². The molecule has 0 saturated carbocycles. The monoisotopic (exact) mass is 400 g/mol. The van der Waals surface area contributed by atoms with Crippen LogP contribution in [-0.2, 0) is 0 Å². The number of nitrogens with two attached hydrogens (primary N) is 1. The standard InChI is InChI=1S/C21H25ClN4O2/c22-16-6-1-4-14-18(16)20(27)15-5-2-7-17(19(15)21(14)28)26-13-12-25-10-3-9-24-11-8-23/h1-2,4-7,24-26H,3,8-13,23H2. The Balaban J connectivity index is 1.61. The number of hydrogen-bond acceptors (Lipinski definition) is 6. The van der Waals surface area contributed by atoms with Crippen molar-refractivity contribution < 1.29 is 9.59 Å². The van der Waals surface area contributed by atoms with Crippen LogP contribution in [0.15, 0.2) is 36.4 Å². The van der Waals surface area contributed by atoms with E-state index in [4.69, 9.17) is 17.3 Å². The topological polar surface area (TPSA) is 96.2 Å². The summed E-state index contributed by atoms with van der Waals surface area (Å²) in [7, 11) is 0. The van der Waals surface area contributed by atoms with Gasteiger partial charge in [-0.3, -0.25) is 9.59 Å². The quantitative estimate of drug-likeness (QED) is 0.389. The van der Waals surface area contributed by atoms with Gasteiger partial charge in [-0.15, -0.1) is 0 Å². The fourth-order valence-electron chi connectivity index (χ4n) is 3.32. The second-order valence-corrected chi connectivity index (χ2v) is 7.02. The first kappa shape index (κ1) is 20.5. The predicted molar refractivity (Wildman–Crippen MR) is 113 cm³/mol. The van der Waals surface area contributed by atoms with Crippen molar-refractivity contribution in [1.82, 2.24) is 10.6 Å². The maximum atomic E-state index is 13.0. The molecule has 0 heterocycles. The second-order valence-electron chi connectivity index (χ2n) is 6.62. The molecule has 0 aliphatic heterocycles. The van der Waals surface area contributed by atoms with Crippen LogP contribution in [0.3, 0.4) is 0 Å². The first-order chi connectivity index (χ1) is 13.6. The summed E-state index contributed by atoms with van der Waals surface area (Å²) < 4.78 is 0. The molecule has 0 radical (unpaired) electrons. The third-order valence-corrected chi connectivity index (χ3v) is 4.98. The molecular weight excluding hydrogens is 376 g/mol. The van der Waals surface area contributed by atoms with E-state index in [0.717, 1.165) is 32.6 Å². The number of anilines is 1. The molecule has 0 spiro atoms. The molecule has 0 unspecified atom stereocenters. The zero-order chi connectivity index (χ0) is 19.9. The van der Waals surface area contributed by atoms with Crippen molar-refractivity contribution in [2.45, 2.75) is 6.42 Å². The first-order valence-corrected chi connectivity index (χ1v) is 9.89. The highest BCUT2D eigenvalue weighted by Crippen LogP contribution is 2.34. The number of carbonyl (C=O) groups is 2. The van der Waals surface area contributed by atoms with E-state index in [1.54, 1.807) is 30.3 Å². The molecule has 3 rings (SSSR count). The molecule has 0 aromatic heterocycles. The average molecular weight is 401 g/mol. The SMILES string of the molecule is NCCNCCCNCCNc1cccc2c1C(=O)c1cccc(Cl)c1C2=O. The molecule has 0 saturated heterocycles. The highest BCUT2D eigenvalue weighted by Gasteiger charge is 2.32. The van der Waals surface area contributed by atoms with Gasteiger partial charge in [0.1, 0.15) is 0 Å². The Morgan fingerprint density at radius 2 is 1.43 bits per heavy atom. The number of carbonyl (C=O) groups excluding carboxylic acids is 2. The minimum absolute atomic E-state index is 0.172. The van der Waals surface area contributed by atoms with Gasteiger partial charge in [0, 0.05) is 43.0 Å². The van der Waals surface area contributed by atoms with Gasteiger partial charge in [-0.05, 0) is 31.6 Å². The smallest absolute Gasteiger partial charge is 0.196 e. The summed E-state index contributed by atoms with van der Waals surface area (Å²) in [6.45, 7) is 4.72. The lowest BCUT2D eigenvalue weighted by molar-refractivity contribution is 0.0979. The molecule has 5 N–H and O–H groups in total. The van der Waals surface area contributed by atoms with Crippen molar-refractivity contribution in [2.24, 2.45) is 5.73 Å². The van der Waals surface area contributed by atoms with Crippen molar-refractivity contribution in [3.8, 4) is 0 Å². The summed E-state index contributed by atoms with van der Waals surface area (Å²) in [4.78, 5) is 25.9. The molecule has 7 heteroatoms. The molecule has 2 aromatic carbocycles. The number of ketones is 2. The van der Waals surface area contributed by atoms with Gasteiger partial charge in [-0.2, -0.15) is 0 Å². The highest BCUT2D eigenvalue weighted by atomic mass is 35.5. The third-order valence-electron chi connectivity index (χ3n) is 4.67. The van der Waals surface area contributed by atoms with Crippen LogP contribution in [0.5, 0.6) is 0 Å². The fraction of sp³-hybridized carbons (Fsp3) is 0.333. The van der Waals surface area contributed by atoms with E-state index in [1.165, 1.54) is 0 Å². The van der Waals surface area contributed by atoms with E-state index in [1.807, 2.05) is 6.07 Å². The zero-order valence-electron chi connectivity index (χ0n) is 15.7. The minimum Gasteiger partial charge on any atom is -0.383 e. The fourth-order valence-corrected chi connectivity index (χ4v) is 3.58. The van der Waals surface area contributed by atoms with Crippen molar-refractivity contribution in [3.63, 3.8) is 0 Å². The number of fused-ring (bicyclic) bond motifs is 2. The lowest BCUT2D eigenvalue weighted by atomic mass is 9.83. The van der Waals surface area contributed by atoms with Crippen molar-refractivity contribution >= 4 is 28.9 Å². The van der Waals surface area contributed by atoms with Gasteiger partial charge in [-0.1, -0.05) is 35.9 Å². The van der Waals surface area contributed by atoms with Gasteiger partial charge in [0.15, 0.2) is 11.6 Å². The number of benzene rings is 2. The first-order valence-electron chi connectivity index (χ1n) is 9.51. The Kier molecular flexibility index (Phi) is 7.17. The van der Waals surface area contributed by atoms with Gasteiger partial charge in [-0.25, -0.2) is 0 Å². The predicted octanol–water partition coefficient (Wildman–Crippen LogP) is 2.06. The molecule has 0 amide bonds. The molecule has 2 aromatic rings. The summed E-state index contributed by atoms with van der Waals surface area (Å²) in [5.74, 6) is -0.379.